The quantitative estimate of drug-likeness (QED) is 0.894. The molecule has 0 saturated carbocycles. The Morgan fingerprint density at radius 3 is 2.95 bits per heavy atom. The van der Waals surface area contributed by atoms with E-state index in [4.69, 9.17) is 0 Å². The Hall–Kier alpha value is -2.14. The molecule has 1 fully saturated rings. The normalized spacial score (nSPS) is 21.9. The lowest BCUT2D eigenvalue weighted by Gasteiger charge is -2.16. The molecule has 5 heteroatoms. The highest BCUT2D eigenvalue weighted by molar-refractivity contribution is 5.95. The molecule has 0 radical (unpaired) electrons. The van der Waals surface area contributed by atoms with Gasteiger partial charge in [-0.1, -0.05) is 12.1 Å². The summed E-state index contributed by atoms with van der Waals surface area (Å²) in [4.78, 5) is 12.4. The van der Waals surface area contributed by atoms with Gasteiger partial charge in [-0.05, 0) is 38.1 Å². The molecule has 20 heavy (non-hydrogen) atoms. The molecule has 0 aliphatic carbocycles. The third-order valence-corrected chi connectivity index (χ3v) is 3.78. The molecule has 2 unspecified atom stereocenters. The highest BCUT2D eigenvalue weighted by Gasteiger charge is 2.29. The maximum Gasteiger partial charge on any atom is 0.229 e. The number of rotatable bonds is 3. The Balaban J connectivity index is 1.83. The average molecular weight is 270 g/mol. The molecular formula is C15H18N4O. The molecule has 1 aromatic heterocycles. The van der Waals surface area contributed by atoms with E-state index in [1.165, 1.54) is 0 Å². The largest absolute Gasteiger partial charge is 0.324 e. The summed E-state index contributed by atoms with van der Waals surface area (Å²) in [6.45, 7) is 2.96. The van der Waals surface area contributed by atoms with E-state index in [-0.39, 0.29) is 17.9 Å². The van der Waals surface area contributed by atoms with Crippen molar-refractivity contribution in [2.75, 3.05) is 11.9 Å². The number of benzene rings is 1. The Morgan fingerprint density at radius 2 is 2.25 bits per heavy atom. The first-order valence-corrected chi connectivity index (χ1v) is 6.89. The van der Waals surface area contributed by atoms with E-state index < -0.39 is 0 Å². The van der Waals surface area contributed by atoms with Crippen molar-refractivity contribution < 1.29 is 4.79 Å². The van der Waals surface area contributed by atoms with Crippen LogP contribution >= 0.6 is 0 Å². The second-order valence-corrected chi connectivity index (χ2v) is 5.09. The number of nitrogens with one attached hydrogen (secondary N) is 2. The Kier molecular flexibility index (Phi) is 3.52. The monoisotopic (exact) mass is 270 g/mol. The van der Waals surface area contributed by atoms with Gasteiger partial charge in [0.05, 0.1) is 17.3 Å². The molecule has 2 N–H and O–H groups in total. The third-order valence-electron chi connectivity index (χ3n) is 3.78. The van der Waals surface area contributed by atoms with Crippen LogP contribution in [0, 0.1) is 5.92 Å². The molecule has 1 aromatic carbocycles. The van der Waals surface area contributed by atoms with Crippen molar-refractivity contribution in [1.29, 1.82) is 0 Å². The van der Waals surface area contributed by atoms with Gasteiger partial charge in [-0.2, -0.15) is 5.10 Å². The smallest absolute Gasteiger partial charge is 0.229 e. The van der Waals surface area contributed by atoms with Crippen molar-refractivity contribution in [1.82, 2.24) is 15.1 Å². The van der Waals surface area contributed by atoms with Crippen molar-refractivity contribution in [2.45, 2.75) is 19.4 Å². The van der Waals surface area contributed by atoms with Crippen LogP contribution in [0.2, 0.25) is 0 Å². The summed E-state index contributed by atoms with van der Waals surface area (Å²) in [6.07, 6.45) is 4.48. The number of carbonyl (C=O) groups is 1. The first kappa shape index (κ1) is 12.9. The van der Waals surface area contributed by atoms with Crippen molar-refractivity contribution in [3.8, 4) is 5.69 Å². The van der Waals surface area contributed by atoms with E-state index in [2.05, 4.69) is 22.7 Å². The molecule has 0 spiro atoms. The standard InChI is InChI=1S/C15H18N4O/c1-11-12(7-9-16-11)15(20)18-13-5-2-3-6-14(13)19-10-4-8-17-19/h2-6,8,10-12,16H,7,9H2,1H3,(H,18,20). The Labute approximate surface area is 118 Å². The van der Waals surface area contributed by atoms with E-state index >= 15 is 0 Å². The van der Waals surface area contributed by atoms with Crippen LogP contribution in [-0.4, -0.2) is 28.3 Å². The summed E-state index contributed by atoms with van der Waals surface area (Å²) >= 11 is 0. The van der Waals surface area contributed by atoms with Crippen LogP contribution in [0.15, 0.2) is 42.7 Å². The van der Waals surface area contributed by atoms with Gasteiger partial charge in [0.15, 0.2) is 0 Å². The van der Waals surface area contributed by atoms with Crippen molar-refractivity contribution in [2.24, 2.45) is 5.92 Å². The van der Waals surface area contributed by atoms with Crippen molar-refractivity contribution in [3.05, 3.63) is 42.7 Å². The molecule has 104 valence electrons. The maximum atomic E-state index is 12.4. The number of nitrogens with zero attached hydrogens (tertiary/aromatic N) is 2. The zero-order chi connectivity index (χ0) is 13.9. The van der Waals surface area contributed by atoms with E-state index in [9.17, 15) is 4.79 Å². The summed E-state index contributed by atoms with van der Waals surface area (Å²) in [5, 5.41) is 10.6. The SMILES string of the molecule is CC1NCCC1C(=O)Nc1ccccc1-n1cccn1. The van der Waals surface area contributed by atoms with Crippen LogP contribution in [0.5, 0.6) is 0 Å². The maximum absolute atomic E-state index is 12.4. The summed E-state index contributed by atoms with van der Waals surface area (Å²) < 4.78 is 1.76. The second kappa shape index (κ2) is 5.46. The number of amides is 1. The average Bonchev–Trinajstić information content (AvgIpc) is 3.10. The minimum absolute atomic E-state index is 0.0284. The molecule has 1 amide bonds. The van der Waals surface area contributed by atoms with Gasteiger partial charge in [0.1, 0.15) is 0 Å². The van der Waals surface area contributed by atoms with Gasteiger partial charge in [0.2, 0.25) is 5.91 Å². The summed E-state index contributed by atoms with van der Waals surface area (Å²) in [5.74, 6) is 0.0998. The number of hydrogen-bond donors (Lipinski definition) is 2. The minimum atomic E-state index is 0.0284. The van der Waals surface area contributed by atoms with Crippen LogP contribution in [0.4, 0.5) is 5.69 Å². The van der Waals surface area contributed by atoms with Gasteiger partial charge in [-0.15, -0.1) is 0 Å². The lowest BCUT2D eigenvalue weighted by Crippen LogP contribution is -2.32. The summed E-state index contributed by atoms with van der Waals surface area (Å²) in [7, 11) is 0. The molecule has 1 saturated heterocycles. The number of anilines is 1. The molecule has 5 nitrogen and oxygen atoms in total. The molecule has 1 aliphatic rings. The Bertz CT molecular complexity index is 594. The fourth-order valence-corrected chi connectivity index (χ4v) is 2.63. The molecule has 2 aromatic rings. The topological polar surface area (TPSA) is 59.0 Å². The number of hydrogen-bond acceptors (Lipinski definition) is 3. The van der Waals surface area contributed by atoms with E-state index in [1.807, 2.05) is 36.5 Å². The highest BCUT2D eigenvalue weighted by atomic mass is 16.2. The molecular weight excluding hydrogens is 252 g/mol. The van der Waals surface area contributed by atoms with Gasteiger partial charge in [-0.25, -0.2) is 4.68 Å². The van der Waals surface area contributed by atoms with Gasteiger partial charge < -0.3 is 10.6 Å². The van der Waals surface area contributed by atoms with Crippen LogP contribution < -0.4 is 10.6 Å². The third kappa shape index (κ3) is 2.44. The molecule has 1 aliphatic heterocycles. The van der Waals surface area contributed by atoms with Gasteiger partial charge in [0, 0.05) is 18.4 Å². The molecule has 2 heterocycles. The fraction of sp³-hybridized carbons (Fsp3) is 0.333. The number of carbonyl (C=O) groups excluding carboxylic acids is 1. The van der Waals surface area contributed by atoms with Gasteiger partial charge >= 0.3 is 0 Å². The predicted molar refractivity (Wildman–Crippen MR) is 77.8 cm³/mol. The lowest BCUT2D eigenvalue weighted by molar-refractivity contribution is -0.120. The van der Waals surface area contributed by atoms with Crippen LogP contribution in [0.3, 0.4) is 0 Å². The molecule has 3 rings (SSSR count). The van der Waals surface area contributed by atoms with E-state index in [0.29, 0.717) is 0 Å². The van der Waals surface area contributed by atoms with Crippen molar-refractivity contribution >= 4 is 11.6 Å². The predicted octanol–water partition coefficient (Wildman–Crippen LogP) is 1.81. The van der Waals surface area contributed by atoms with E-state index in [1.54, 1.807) is 10.9 Å². The number of para-hydroxylation sites is 2. The highest BCUT2D eigenvalue weighted by Crippen LogP contribution is 2.22. The fourth-order valence-electron chi connectivity index (χ4n) is 2.63. The molecule has 2 atom stereocenters. The van der Waals surface area contributed by atoms with Crippen molar-refractivity contribution in [3.63, 3.8) is 0 Å². The minimum Gasteiger partial charge on any atom is -0.324 e. The van der Waals surface area contributed by atoms with Crippen LogP contribution in [0.1, 0.15) is 13.3 Å². The zero-order valence-corrected chi connectivity index (χ0v) is 11.4. The summed E-state index contributed by atoms with van der Waals surface area (Å²) in [5.41, 5.74) is 1.67. The second-order valence-electron chi connectivity index (χ2n) is 5.09. The molecule has 0 bridgehead atoms. The first-order chi connectivity index (χ1) is 9.75. The van der Waals surface area contributed by atoms with E-state index in [0.717, 1.165) is 24.3 Å². The zero-order valence-electron chi connectivity index (χ0n) is 11.4. The first-order valence-electron chi connectivity index (χ1n) is 6.89. The van der Waals surface area contributed by atoms with Gasteiger partial charge in [-0.3, -0.25) is 4.79 Å². The van der Waals surface area contributed by atoms with Crippen LogP contribution in [0.25, 0.3) is 5.69 Å². The summed E-state index contributed by atoms with van der Waals surface area (Å²) in [6, 6.07) is 9.79. The Morgan fingerprint density at radius 1 is 1.40 bits per heavy atom. The van der Waals surface area contributed by atoms with Crippen LogP contribution in [-0.2, 0) is 4.79 Å². The number of aromatic nitrogens is 2. The lowest BCUT2D eigenvalue weighted by atomic mass is 10.0. The van der Waals surface area contributed by atoms with Gasteiger partial charge in [0.25, 0.3) is 0 Å².